The van der Waals surface area contributed by atoms with Crippen molar-refractivity contribution in [2.24, 2.45) is 5.92 Å². The van der Waals surface area contributed by atoms with Crippen molar-refractivity contribution in [1.29, 1.82) is 0 Å². The summed E-state index contributed by atoms with van der Waals surface area (Å²) < 4.78 is 4.98. The van der Waals surface area contributed by atoms with E-state index in [1.54, 1.807) is 13.1 Å². The highest BCUT2D eigenvalue weighted by Gasteiger charge is 2.31. The van der Waals surface area contributed by atoms with Gasteiger partial charge in [0.05, 0.1) is 31.5 Å². The Bertz CT molecular complexity index is 1350. The Labute approximate surface area is 270 Å². The molecule has 0 aliphatic heterocycles. The van der Waals surface area contributed by atoms with Crippen molar-refractivity contribution >= 4 is 23.7 Å². The number of esters is 1. The summed E-state index contributed by atoms with van der Waals surface area (Å²) in [4.78, 5) is 59.6. The van der Waals surface area contributed by atoms with E-state index in [1.807, 2.05) is 74.5 Å². The molecule has 11 nitrogen and oxygen atoms in total. The van der Waals surface area contributed by atoms with Gasteiger partial charge >= 0.3 is 5.97 Å². The van der Waals surface area contributed by atoms with E-state index in [-0.39, 0.29) is 44.1 Å². The molecular weight excluding hydrogens is 586 g/mol. The van der Waals surface area contributed by atoms with Gasteiger partial charge in [-0.15, -0.1) is 0 Å². The van der Waals surface area contributed by atoms with Crippen molar-refractivity contribution in [3.05, 3.63) is 90.0 Å². The summed E-state index contributed by atoms with van der Waals surface area (Å²) in [6.45, 7) is 5.74. The number of aliphatic hydroxyl groups is 1. The highest BCUT2D eigenvalue weighted by atomic mass is 16.5. The molecule has 11 heteroatoms. The molecule has 1 heterocycles. The third-order valence-corrected chi connectivity index (χ3v) is 7.46. The number of aliphatic hydroxyl groups excluding tert-OH is 1. The molecule has 2 aromatic carbocycles. The second-order valence-corrected chi connectivity index (χ2v) is 11.8. The fourth-order valence-corrected chi connectivity index (χ4v) is 5.16. The predicted octanol–water partition coefficient (Wildman–Crippen LogP) is 3.03. The van der Waals surface area contributed by atoms with Gasteiger partial charge in [-0.3, -0.25) is 19.2 Å². The number of nitrogens with one attached hydrogen (secondary N) is 4. The van der Waals surface area contributed by atoms with E-state index >= 15 is 0 Å². The molecule has 3 amide bonds. The SMILES string of the molecule is CCOC(=O)C[C@H](O)[C@H](CC(C)C)NC(=O)C(Cc1cnc[nH]1)NC(=O)[C@H](Cc1ccccc1)NC(=O)CCCc1ccccc1. The zero-order valence-electron chi connectivity index (χ0n) is 26.9. The number of carbonyl (C=O) groups is 4. The van der Waals surface area contributed by atoms with Crippen LogP contribution in [-0.4, -0.2) is 69.6 Å². The summed E-state index contributed by atoms with van der Waals surface area (Å²) in [6, 6.07) is 16.4. The van der Waals surface area contributed by atoms with E-state index in [2.05, 4.69) is 25.9 Å². The summed E-state index contributed by atoms with van der Waals surface area (Å²) in [5.74, 6) is -1.80. The summed E-state index contributed by atoms with van der Waals surface area (Å²) >= 11 is 0. The quantitative estimate of drug-likeness (QED) is 0.127. The molecule has 0 bridgehead atoms. The van der Waals surface area contributed by atoms with Gasteiger partial charge in [0.2, 0.25) is 17.7 Å². The second-order valence-electron chi connectivity index (χ2n) is 11.8. The fraction of sp³-hybridized carbons (Fsp3) is 0.457. The number of imidazole rings is 1. The van der Waals surface area contributed by atoms with Crippen molar-refractivity contribution in [3.8, 4) is 0 Å². The normalized spacial score (nSPS) is 13.7. The first kappa shape index (κ1) is 36.0. The lowest BCUT2D eigenvalue weighted by Crippen LogP contribution is -2.57. The van der Waals surface area contributed by atoms with Gasteiger partial charge in [-0.1, -0.05) is 74.5 Å². The summed E-state index contributed by atoms with van der Waals surface area (Å²) in [6.07, 6.45) is 3.86. The number of hydrogen-bond acceptors (Lipinski definition) is 7. The van der Waals surface area contributed by atoms with Gasteiger partial charge in [0.1, 0.15) is 12.1 Å². The van der Waals surface area contributed by atoms with Crippen molar-refractivity contribution in [1.82, 2.24) is 25.9 Å². The number of hydrogen-bond donors (Lipinski definition) is 5. The number of aryl methyl sites for hydroxylation is 1. The van der Waals surface area contributed by atoms with Gasteiger partial charge in [0, 0.05) is 31.2 Å². The maximum Gasteiger partial charge on any atom is 0.308 e. The molecule has 46 heavy (non-hydrogen) atoms. The number of H-pyrrole nitrogens is 1. The van der Waals surface area contributed by atoms with Crippen LogP contribution in [0.1, 0.15) is 63.3 Å². The van der Waals surface area contributed by atoms with E-state index in [0.717, 1.165) is 17.5 Å². The van der Waals surface area contributed by atoms with Crippen LogP contribution in [0, 0.1) is 5.92 Å². The monoisotopic (exact) mass is 633 g/mol. The number of rotatable bonds is 19. The minimum absolute atomic E-state index is 0.0863. The zero-order chi connectivity index (χ0) is 33.3. The predicted molar refractivity (Wildman–Crippen MR) is 174 cm³/mol. The smallest absolute Gasteiger partial charge is 0.308 e. The molecule has 5 N–H and O–H groups in total. The molecular formula is C35H47N5O6. The van der Waals surface area contributed by atoms with Gasteiger partial charge < -0.3 is 30.8 Å². The Morgan fingerprint density at radius 3 is 2.11 bits per heavy atom. The molecule has 3 aromatic rings. The molecule has 4 atom stereocenters. The number of ether oxygens (including phenoxy) is 1. The van der Waals surface area contributed by atoms with Crippen LogP contribution in [0.25, 0.3) is 0 Å². The van der Waals surface area contributed by atoms with Crippen LogP contribution < -0.4 is 16.0 Å². The van der Waals surface area contributed by atoms with Gasteiger partial charge in [0.25, 0.3) is 0 Å². The Kier molecular flexibility index (Phi) is 14.9. The highest BCUT2D eigenvalue weighted by Crippen LogP contribution is 2.13. The number of nitrogens with zero attached hydrogens (tertiary/aromatic N) is 1. The van der Waals surface area contributed by atoms with Crippen molar-refractivity contribution < 1.29 is 29.0 Å². The average Bonchev–Trinajstić information content (AvgIpc) is 3.54. The molecule has 3 rings (SSSR count). The number of carbonyl (C=O) groups excluding carboxylic acids is 4. The third kappa shape index (κ3) is 12.8. The van der Waals surface area contributed by atoms with Crippen LogP contribution in [0.5, 0.6) is 0 Å². The fourth-order valence-electron chi connectivity index (χ4n) is 5.16. The molecule has 0 spiro atoms. The molecule has 248 valence electrons. The van der Waals surface area contributed by atoms with E-state index in [9.17, 15) is 24.3 Å². The van der Waals surface area contributed by atoms with Crippen LogP contribution in [0.15, 0.2) is 73.2 Å². The number of benzene rings is 2. The lowest BCUT2D eigenvalue weighted by molar-refractivity contribution is -0.146. The van der Waals surface area contributed by atoms with Crippen LogP contribution in [0.4, 0.5) is 0 Å². The summed E-state index contributed by atoms with van der Waals surface area (Å²) in [5, 5.41) is 19.4. The Hall–Kier alpha value is -4.51. The Balaban J connectivity index is 1.75. The van der Waals surface area contributed by atoms with Crippen molar-refractivity contribution in [2.75, 3.05) is 6.61 Å². The first-order valence-corrected chi connectivity index (χ1v) is 15.9. The molecule has 1 aromatic heterocycles. The maximum atomic E-state index is 13.8. The standard InChI is InChI=1S/C35H47N5O6/c1-4-46-33(43)21-31(41)28(18-24(2)3)39-35(45)30(20-27-22-36-23-37-27)40-34(44)29(19-26-14-9-6-10-15-26)38-32(42)17-11-16-25-12-7-5-8-13-25/h5-10,12-15,22-24,28-31,41H,4,11,16-21H2,1-3H3,(H,36,37)(H,38,42)(H,39,45)(H,40,44)/t28-,29-,30?,31-/m0/s1. The molecule has 1 unspecified atom stereocenters. The lowest BCUT2D eigenvalue weighted by atomic mass is 9.96. The maximum absolute atomic E-state index is 13.8. The minimum atomic E-state index is -1.19. The Morgan fingerprint density at radius 1 is 0.870 bits per heavy atom. The number of amides is 3. The number of aromatic nitrogens is 2. The zero-order valence-corrected chi connectivity index (χ0v) is 26.9. The number of aromatic amines is 1. The topological polar surface area (TPSA) is 163 Å². The molecule has 0 aliphatic carbocycles. The second kappa shape index (κ2) is 19.1. The van der Waals surface area contributed by atoms with E-state index < -0.39 is 42.0 Å². The molecule has 0 saturated heterocycles. The average molecular weight is 634 g/mol. The van der Waals surface area contributed by atoms with Crippen LogP contribution in [0.2, 0.25) is 0 Å². The van der Waals surface area contributed by atoms with Crippen molar-refractivity contribution in [3.63, 3.8) is 0 Å². The molecule has 0 radical (unpaired) electrons. The summed E-state index contributed by atoms with van der Waals surface area (Å²) in [7, 11) is 0. The van der Waals surface area contributed by atoms with Gasteiger partial charge in [0.15, 0.2) is 0 Å². The lowest BCUT2D eigenvalue weighted by Gasteiger charge is -2.28. The third-order valence-electron chi connectivity index (χ3n) is 7.46. The summed E-state index contributed by atoms with van der Waals surface area (Å²) in [5.41, 5.74) is 2.59. The van der Waals surface area contributed by atoms with Crippen molar-refractivity contribution in [2.45, 2.75) is 89.9 Å². The highest BCUT2D eigenvalue weighted by molar-refractivity contribution is 5.92. The largest absolute Gasteiger partial charge is 0.466 e. The molecule has 0 aliphatic rings. The first-order chi connectivity index (χ1) is 22.1. The van der Waals surface area contributed by atoms with E-state index in [0.29, 0.717) is 18.5 Å². The molecule has 0 saturated carbocycles. The van der Waals surface area contributed by atoms with Crippen LogP contribution in [0.3, 0.4) is 0 Å². The first-order valence-electron chi connectivity index (χ1n) is 15.9. The van der Waals surface area contributed by atoms with E-state index in [1.165, 1.54) is 6.33 Å². The van der Waals surface area contributed by atoms with Gasteiger partial charge in [-0.05, 0) is 43.2 Å². The molecule has 0 fully saturated rings. The van der Waals surface area contributed by atoms with Gasteiger partial charge in [-0.25, -0.2) is 4.98 Å². The minimum Gasteiger partial charge on any atom is -0.466 e. The van der Waals surface area contributed by atoms with Crippen LogP contribution >= 0.6 is 0 Å². The van der Waals surface area contributed by atoms with Gasteiger partial charge in [-0.2, -0.15) is 0 Å². The van der Waals surface area contributed by atoms with Crippen LogP contribution in [-0.2, 0) is 43.2 Å². The van der Waals surface area contributed by atoms with E-state index in [4.69, 9.17) is 4.74 Å². The Morgan fingerprint density at radius 2 is 1.50 bits per heavy atom.